The van der Waals surface area contributed by atoms with Gasteiger partial charge in [-0.3, -0.25) is 4.68 Å². The number of aliphatic hydroxyl groups is 1. The van der Waals surface area contributed by atoms with E-state index in [1.807, 2.05) is 66.7 Å². The largest absolute Gasteiger partial charge is 0.513 e. The van der Waals surface area contributed by atoms with Crippen molar-refractivity contribution in [3.63, 3.8) is 0 Å². The Kier molecular flexibility index (Phi) is 7.35. The number of nitrogens with zero attached hydrogens (tertiary/aromatic N) is 4. The average Bonchev–Trinajstić information content (AvgIpc) is 2.88. The van der Waals surface area contributed by atoms with Crippen molar-refractivity contribution in [2.75, 3.05) is 0 Å². The number of allylic oxidation sites excluding steroid dienone is 2. The molecule has 3 rings (SSSR count). The molecule has 1 aromatic heterocycles. The molecule has 0 spiro atoms. The van der Waals surface area contributed by atoms with Crippen molar-refractivity contribution in [3.8, 4) is 11.4 Å². The first-order chi connectivity index (χ1) is 13.4. The van der Waals surface area contributed by atoms with Crippen LogP contribution in [0.1, 0.15) is 19.5 Å². The van der Waals surface area contributed by atoms with Gasteiger partial charge in [0, 0.05) is 32.2 Å². The van der Waals surface area contributed by atoms with E-state index in [9.17, 15) is 10.2 Å². The number of aromatic hydroxyl groups is 1. The molecule has 0 aliphatic carbocycles. The fourth-order valence-electron chi connectivity index (χ4n) is 2.99. The van der Waals surface area contributed by atoms with Crippen LogP contribution in [0.3, 0.4) is 0 Å². The summed E-state index contributed by atoms with van der Waals surface area (Å²) in [7, 11) is 1.94. The third-order valence-corrected chi connectivity index (χ3v) is 4.36. The number of phenols is 1. The maximum atomic E-state index is 10.2. The summed E-state index contributed by atoms with van der Waals surface area (Å²) < 4.78 is 3.92. The Morgan fingerprint density at radius 1 is 1.00 bits per heavy atom. The smallest absolute Gasteiger partial charge is 0.180 e. The molecule has 0 aliphatic rings. The summed E-state index contributed by atoms with van der Waals surface area (Å²) in [6.45, 7) is 5.39. The predicted octanol–water partition coefficient (Wildman–Crippen LogP) is 4.61. The number of aromatic nitrogens is 2. The van der Waals surface area contributed by atoms with E-state index in [4.69, 9.17) is 9.98 Å². The van der Waals surface area contributed by atoms with Crippen LogP contribution in [0.5, 0.6) is 5.75 Å². The van der Waals surface area contributed by atoms with Gasteiger partial charge in [0.1, 0.15) is 17.1 Å². The van der Waals surface area contributed by atoms with Gasteiger partial charge in [-0.15, -0.1) is 0 Å². The van der Waals surface area contributed by atoms with Crippen LogP contribution in [-0.4, -0.2) is 25.3 Å². The van der Waals surface area contributed by atoms with E-state index in [0.29, 0.717) is 22.6 Å². The summed E-state index contributed by atoms with van der Waals surface area (Å²) >= 11 is 0. The van der Waals surface area contributed by atoms with Gasteiger partial charge >= 0.3 is 0 Å². The van der Waals surface area contributed by atoms with Crippen molar-refractivity contribution in [1.82, 2.24) is 9.36 Å². The van der Waals surface area contributed by atoms with Gasteiger partial charge in [0.05, 0.1) is 17.1 Å². The number of aliphatic imine (C=N–C) groups is 1. The number of rotatable bonds is 4. The van der Waals surface area contributed by atoms with Gasteiger partial charge in [0.2, 0.25) is 0 Å². The number of hydrogen-bond acceptors (Lipinski definition) is 4. The molecule has 0 unspecified atom stereocenters. The third-order valence-electron chi connectivity index (χ3n) is 4.36. The van der Waals surface area contributed by atoms with E-state index in [-0.39, 0.29) is 31.0 Å². The molecule has 1 heterocycles. The van der Waals surface area contributed by atoms with E-state index in [1.54, 1.807) is 31.2 Å². The Labute approximate surface area is 182 Å². The average molecular weight is 442 g/mol. The summed E-state index contributed by atoms with van der Waals surface area (Å²) in [5.41, 5.74) is 4.21. The predicted molar refractivity (Wildman–Crippen MR) is 112 cm³/mol. The monoisotopic (exact) mass is 440 g/mol. The fraction of sp³-hybridized carbons (Fsp3) is 0.182. The standard InChI is InChI=1S/C22H24N4O2.Zn/c1-15(14-16(2)27)23-21-17(3)25(4)26(18-10-6-5-7-11-18)22(21)24-19-12-8-9-13-20(19)28;/h5-14,27-28H,1-4H3;/b16-14-,23-15?,24-22?;. The first-order valence-corrected chi connectivity index (χ1v) is 8.98. The van der Waals surface area contributed by atoms with E-state index in [1.165, 1.54) is 0 Å². The van der Waals surface area contributed by atoms with Gasteiger partial charge in [0.25, 0.3) is 0 Å². The third kappa shape index (κ3) is 4.93. The zero-order valence-electron chi connectivity index (χ0n) is 17.2. The van der Waals surface area contributed by atoms with E-state index < -0.39 is 0 Å². The van der Waals surface area contributed by atoms with Crippen molar-refractivity contribution < 1.29 is 29.7 Å². The fourth-order valence-corrected chi connectivity index (χ4v) is 2.99. The van der Waals surface area contributed by atoms with Crippen LogP contribution in [-0.2, 0) is 26.5 Å². The Hall–Kier alpha value is -2.92. The molecule has 0 radical (unpaired) electrons. The van der Waals surface area contributed by atoms with Crippen molar-refractivity contribution in [1.29, 1.82) is 0 Å². The maximum absolute atomic E-state index is 10.2. The SMILES string of the molecule is CC(/C=C(/C)O)=Nc1c(C)n(C)n(-c2ccccc2)c1=Nc1ccccc1O.[Zn]. The zero-order valence-corrected chi connectivity index (χ0v) is 20.1. The Morgan fingerprint density at radius 2 is 1.62 bits per heavy atom. The molecule has 0 atom stereocenters. The van der Waals surface area contributed by atoms with Crippen molar-refractivity contribution >= 4 is 17.1 Å². The summed E-state index contributed by atoms with van der Waals surface area (Å²) in [6, 6.07) is 16.8. The van der Waals surface area contributed by atoms with Crippen LogP contribution < -0.4 is 5.49 Å². The molecule has 3 aromatic rings. The van der Waals surface area contributed by atoms with Crippen LogP contribution in [0.25, 0.3) is 5.69 Å². The van der Waals surface area contributed by atoms with Gasteiger partial charge < -0.3 is 10.2 Å². The summed E-state index contributed by atoms with van der Waals surface area (Å²) in [5, 5.41) is 19.8. The first-order valence-electron chi connectivity index (χ1n) is 8.98. The topological polar surface area (TPSA) is 75.0 Å². The molecule has 2 aromatic carbocycles. The Balaban J connectivity index is 0.00000300. The van der Waals surface area contributed by atoms with E-state index in [0.717, 1.165) is 11.4 Å². The minimum atomic E-state index is 0. The van der Waals surface area contributed by atoms with E-state index in [2.05, 4.69) is 0 Å². The van der Waals surface area contributed by atoms with Gasteiger partial charge in [-0.1, -0.05) is 30.3 Å². The van der Waals surface area contributed by atoms with Gasteiger partial charge in [-0.05, 0) is 51.1 Å². The van der Waals surface area contributed by atoms with Crippen LogP contribution in [0, 0.1) is 6.92 Å². The van der Waals surface area contributed by atoms with Gasteiger partial charge in [-0.2, -0.15) is 0 Å². The number of para-hydroxylation sites is 3. The molecule has 0 saturated heterocycles. The Bertz CT molecular complexity index is 1120. The summed E-state index contributed by atoms with van der Waals surface area (Å²) in [4.78, 5) is 9.43. The summed E-state index contributed by atoms with van der Waals surface area (Å²) in [6.07, 6.45) is 1.60. The van der Waals surface area contributed by atoms with Crippen LogP contribution in [0.2, 0.25) is 0 Å². The van der Waals surface area contributed by atoms with Crippen molar-refractivity contribution in [2.45, 2.75) is 20.8 Å². The molecule has 0 amide bonds. The van der Waals surface area contributed by atoms with Crippen LogP contribution >= 0.6 is 0 Å². The number of phenolic OH excluding ortho intramolecular Hbond substituents is 1. The molecule has 0 fully saturated rings. The molecule has 0 saturated carbocycles. The molecule has 0 bridgehead atoms. The molecular formula is C22H24N4O2Zn. The molecular weight excluding hydrogens is 418 g/mol. The zero-order chi connectivity index (χ0) is 20.3. The van der Waals surface area contributed by atoms with Crippen molar-refractivity contribution in [3.05, 3.63) is 77.6 Å². The van der Waals surface area contributed by atoms with Crippen LogP contribution in [0.15, 0.2) is 76.4 Å². The number of hydrogen-bond donors (Lipinski definition) is 2. The minimum Gasteiger partial charge on any atom is -0.513 e. The molecule has 2 N–H and O–H groups in total. The van der Waals surface area contributed by atoms with E-state index >= 15 is 0 Å². The normalized spacial score (nSPS) is 12.8. The minimum absolute atomic E-state index is 0. The molecule has 6 nitrogen and oxygen atoms in total. The maximum Gasteiger partial charge on any atom is 0.180 e. The molecule has 7 heteroatoms. The summed E-state index contributed by atoms with van der Waals surface area (Å²) in [5.74, 6) is 0.284. The number of benzene rings is 2. The second-order valence-electron chi connectivity index (χ2n) is 6.57. The second-order valence-corrected chi connectivity index (χ2v) is 6.57. The number of aliphatic hydroxyl groups excluding tert-OH is 1. The Morgan fingerprint density at radius 3 is 2.24 bits per heavy atom. The van der Waals surface area contributed by atoms with Crippen molar-refractivity contribution in [2.24, 2.45) is 17.0 Å². The van der Waals surface area contributed by atoms with Crippen LogP contribution in [0.4, 0.5) is 11.4 Å². The molecule has 0 aliphatic heterocycles. The molecule has 146 valence electrons. The second kappa shape index (κ2) is 9.52. The van der Waals surface area contributed by atoms with Gasteiger partial charge in [0.15, 0.2) is 5.49 Å². The van der Waals surface area contributed by atoms with Gasteiger partial charge in [-0.25, -0.2) is 14.7 Å². The quantitative estimate of drug-likeness (QED) is 0.352. The first kappa shape index (κ1) is 22.4. The molecule has 29 heavy (non-hydrogen) atoms.